The Morgan fingerprint density at radius 2 is 2.03 bits per heavy atom. The number of primary amides is 1. The lowest BCUT2D eigenvalue weighted by molar-refractivity contribution is -0.138. The van der Waals surface area contributed by atoms with E-state index in [1.54, 1.807) is 6.26 Å². The van der Waals surface area contributed by atoms with Crippen LogP contribution in [0.5, 0.6) is 0 Å². The van der Waals surface area contributed by atoms with Crippen molar-refractivity contribution < 1.29 is 19.2 Å². The lowest BCUT2D eigenvalue weighted by atomic mass is 10.1. The molecule has 1 aliphatic heterocycles. The highest BCUT2D eigenvalue weighted by Crippen LogP contribution is 2.20. The lowest BCUT2D eigenvalue weighted by Crippen LogP contribution is -2.59. The topological polar surface area (TPSA) is 134 Å². The Balaban J connectivity index is 2.17. The number of carbonyl (C=O) groups excluding carboxylic acids is 4. The monoisotopic (exact) mass is 455 g/mol. The highest BCUT2D eigenvalue weighted by atomic mass is 32.2. The number of thioether (sulfide) groups is 1. The summed E-state index contributed by atoms with van der Waals surface area (Å²) in [7, 11) is 0. The molecular weight excluding hydrogens is 426 g/mol. The number of nitrogens with two attached hydrogens (primary N) is 1. The summed E-state index contributed by atoms with van der Waals surface area (Å²) in [5.41, 5.74) is 5.50. The number of rotatable bonds is 9. The van der Waals surface area contributed by atoms with Gasteiger partial charge in [0.25, 0.3) is 0 Å². The van der Waals surface area contributed by atoms with E-state index in [-0.39, 0.29) is 24.1 Å². The lowest BCUT2D eigenvalue weighted by Gasteiger charge is -2.29. The van der Waals surface area contributed by atoms with E-state index in [0.717, 1.165) is 4.88 Å². The van der Waals surface area contributed by atoms with Crippen LogP contribution < -0.4 is 21.7 Å². The number of urea groups is 1. The molecule has 0 radical (unpaired) electrons. The Kier molecular flexibility index (Phi) is 8.97. The molecule has 1 aromatic rings. The Morgan fingerprint density at radius 3 is 2.60 bits per heavy atom. The zero-order valence-corrected chi connectivity index (χ0v) is 19.0. The third-order valence-electron chi connectivity index (χ3n) is 4.64. The van der Waals surface area contributed by atoms with E-state index in [0.29, 0.717) is 13.0 Å². The van der Waals surface area contributed by atoms with Crippen LogP contribution in [0.3, 0.4) is 0 Å². The maximum atomic E-state index is 13.1. The van der Waals surface area contributed by atoms with E-state index in [9.17, 15) is 19.2 Å². The fraction of sp³-hybridized carbons (Fsp3) is 0.579. The van der Waals surface area contributed by atoms with Crippen LogP contribution in [0.25, 0.3) is 0 Å². The molecule has 5 amide bonds. The molecule has 1 fully saturated rings. The van der Waals surface area contributed by atoms with E-state index in [4.69, 9.17) is 5.73 Å². The molecular formula is C19H29N5O4S2. The molecule has 30 heavy (non-hydrogen) atoms. The summed E-state index contributed by atoms with van der Waals surface area (Å²) in [6, 6.07) is 0.858. The Bertz CT molecular complexity index is 756. The van der Waals surface area contributed by atoms with Gasteiger partial charge in [0.1, 0.15) is 12.1 Å². The van der Waals surface area contributed by atoms with Crippen LogP contribution in [-0.2, 0) is 20.8 Å². The first-order valence-electron chi connectivity index (χ1n) is 9.70. The second-order valence-electron chi connectivity index (χ2n) is 7.38. The summed E-state index contributed by atoms with van der Waals surface area (Å²) in [5, 5.41) is 10.1. The van der Waals surface area contributed by atoms with Gasteiger partial charge in [-0.3, -0.25) is 14.4 Å². The predicted molar refractivity (Wildman–Crippen MR) is 118 cm³/mol. The summed E-state index contributed by atoms with van der Waals surface area (Å²) in [4.78, 5) is 52.2. The minimum atomic E-state index is -0.909. The third kappa shape index (κ3) is 6.63. The van der Waals surface area contributed by atoms with Gasteiger partial charge in [-0.15, -0.1) is 11.3 Å². The highest BCUT2D eigenvalue weighted by molar-refractivity contribution is 7.99. The van der Waals surface area contributed by atoms with Crippen LogP contribution in [0.1, 0.15) is 25.1 Å². The quantitative estimate of drug-likeness (QED) is 0.425. The number of likely N-dealkylation sites (tertiary alicyclic amines) is 1. The molecule has 0 unspecified atom stereocenters. The largest absolute Gasteiger partial charge is 0.368 e. The number of amides is 5. The van der Waals surface area contributed by atoms with E-state index in [1.807, 2.05) is 31.4 Å². The molecule has 5 N–H and O–H groups in total. The molecule has 0 aliphatic carbocycles. The van der Waals surface area contributed by atoms with Crippen molar-refractivity contribution in [2.45, 2.75) is 50.9 Å². The summed E-state index contributed by atoms with van der Waals surface area (Å²) < 4.78 is 0. The molecule has 0 saturated carbocycles. The number of nitrogens with zero attached hydrogens (tertiary/aromatic N) is 1. The normalized spacial score (nSPS) is 19.4. The molecule has 0 bridgehead atoms. The summed E-state index contributed by atoms with van der Waals surface area (Å²) in [5.74, 6) is -1.12. The smallest absolute Gasteiger partial charge is 0.315 e. The molecule has 3 atom stereocenters. The number of carbonyl (C=O) groups is 4. The van der Waals surface area contributed by atoms with Gasteiger partial charge in [-0.1, -0.05) is 6.07 Å². The molecule has 166 valence electrons. The van der Waals surface area contributed by atoms with Crippen LogP contribution in [-0.4, -0.2) is 71.4 Å². The number of nitrogens with one attached hydrogen (secondary N) is 3. The van der Waals surface area contributed by atoms with Crippen LogP contribution in [0.15, 0.2) is 17.5 Å². The molecule has 1 aliphatic rings. The van der Waals surface area contributed by atoms with E-state index >= 15 is 0 Å². The van der Waals surface area contributed by atoms with Gasteiger partial charge in [-0.2, -0.15) is 11.8 Å². The first-order chi connectivity index (χ1) is 14.2. The number of hydrogen-bond donors (Lipinski definition) is 4. The molecule has 1 aromatic heterocycles. The van der Waals surface area contributed by atoms with Gasteiger partial charge in [0, 0.05) is 23.9 Å². The standard InChI is InChI=1S/C19H29N5O4S2/c1-11(2)21-19(28)23-13-6-7-24(15(25)10-29-3)16(13)18(27)22-14(17(20)26)9-12-5-4-8-30-12/h4-5,8,11,13-14,16H,6-7,9-10H2,1-3H3,(H2,20,26)(H,22,27)(H2,21,23,28)/t13-,14+,16+/m1/s1. The first-order valence-corrected chi connectivity index (χ1v) is 12.0. The van der Waals surface area contributed by atoms with Gasteiger partial charge in [-0.25, -0.2) is 4.79 Å². The average Bonchev–Trinajstić information content (AvgIpc) is 3.30. The SMILES string of the molecule is CSCC(=O)N1CC[C@@H](NC(=O)NC(C)C)[C@H]1C(=O)N[C@@H](Cc1cccs1)C(N)=O. The van der Waals surface area contributed by atoms with E-state index in [1.165, 1.54) is 28.0 Å². The summed E-state index contributed by atoms with van der Waals surface area (Å²) >= 11 is 2.82. The summed E-state index contributed by atoms with van der Waals surface area (Å²) in [6.07, 6.45) is 2.52. The molecule has 0 spiro atoms. The first kappa shape index (κ1) is 24.0. The molecule has 1 saturated heterocycles. The van der Waals surface area contributed by atoms with Crippen molar-refractivity contribution in [3.05, 3.63) is 22.4 Å². The molecule has 9 nitrogen and oxygen atoms in total. The van der Waals surface area contributed by atoms with Gasteiger partial charge in [0.15, 0.2) is 0 Å². The van der Waals surface area contributed by atoms with Gasteiger partial charge >= 0.3 is 6.03 Å². The van der Waals surface area contributed by atoms with E-state index < -0.39 is 36.0 Å². The van der Waals surface area contributed by atoms with Crippen LogP contribution in [0.2, 0.25) is 0 Å². The predicted octanol–water partition coefficient (Wildman–Crippen LogP) is 0.301. The van der Waals surface area contributed by atoms with Crippen molar-refractivity contribution in [2.75, 3.05) is 18.6 Å². The van der Waals surface area contributed by atoms with Crippen molar-refractivity contribution in [1.29, 1.82) is 0 Å². The number of hydrogen-bond acceptors (Lipinski definition) is 6. The Labute approximate surface area is 184 Å². The zero-order valence-electron chi connectivity index (χ0n) is 17.3. The molecule has 2 heterocycles. The fourth-order valence-electron chi connectivity index (χ4n) is 3.34. The number of thiophene rings is 1. The van der Waals surface area contributed by atoms with Gasteiger partial charge < -0.3 is 26.6 Å². The van der Waals surface area contributed by atoms with Crippen molar-refractivity contribution >= 4 is 46.9 Å². The van der Waals surface area contributed by atoms with Crippen molar-refractivity contribution in [3.8, 4) is 0 Å². The highest BCUT2D eigenvalue weighted by Gasteiger charge is 2.43. The van der Waals surface area contributed by atoms with Gasteiger partial charge in [0.2, 0.25) is 17.7 Å². The van der Waals surface area contributed by atoms with Crippen LogP contribution in [0, 0.1) is 0 Å². The van der Waals surface area contributed by atoms with Crippen molar-refractivity contribution in [3.63, 3.8) is 0 Å². The van der Waals surface area contributed by atoms with Crippen molar-refractivity contribution in [1.82, 2.24) is 20.9 Å². The second-order valence-corrected chi connectivity index (χ2v) is 9.28. The maximum absolute atomic E-state index is 13.1. The molecule has 0 aromatic carbocycles. The van der Waals surface area contributed by atoms with Crippen LogP contribution >= 0.6 is 23.1 Å². The molecule has 2 rings (SSSR count). The van der Waals surface area contributed by atoms with Gasteiger partial charge in [0.05, 0.1) is 11.8 Å². The third-order valence-corrected chi connectivity index (χ3v) is 6.07. The summed E-state index contributed by atoms with van der Waals surface area (Å²) in [6.45, 7) is 4.00. The fourth-order valence-corrected chi connectivity index (χ4v) is 4.50. The minimum Gasteiger partial charge on any atom is -0.368 e. The Hall–Kier alpha value is -2.27. The van der Waals surface area contributed by atoms with Crippen molar-refractivity contribution in [2.24, 2.45) is 5.73 Å². The minimum absolute atomic E-state index is 0.0713. The Morgan fingerprint density at radius 1 is 1.30 bits per heavy atom. The maximum Gasteiger partial charge on any atom is 0.315 e. The zero-order chi connectivity index (χ0) is 22.3. The van der Waals surface area contributed by atoms with E-state index in [2.05, 4.69) is 16.0 Å². The van der Waals surface area contributed by atoms with Gasteiger partial charge in [-0.05, 0) is 38.0 Å². The van der Waals surface area contributed by atoms with Crippen LogP contribution in [0.4, 0.5) is 4.79 Å². The second kappa shape index (κ2) is 11.2. The molecule has 11 heteroatoms. The average molecular weight is 456 g/mol.